The van der Waals surface area contributed by atoms with E-state index in [4.69, 9.17) is 26.3 Å². The second kappa shape index (κ2) is 13.6. The number of sulfonamides is 1. The molecule has 4 aromatic heterocycles. The smallest absolute Gasteiger partial charge is 0.274 e. The molecule has 0 atom stereocenters. The molecule has 1 aromatic carbocycles. The van der Waals surface area contributed by atoms with E-state index in [0.717, 1.165) is 55.2 Å². The quantitative estimate of drug-likeness (QED) is 0.174. The number of amides is 1. The molecular formula is C33H35ClFN7O4S2. The topological polar surface area (TPSA) is 124 Å². The molecule has 0 spiro atoms. The van der Waals surface area contributed by atoms with Crippen LogP contribution < -0.4 is 9.46 Å². The third-order valence-corrected chi connectivity index (χ3v) is 12.0. The molecule has 1 aliphatic heterocycles. The minimum Gasteiger partial charge on any atom is -0.473 e. The van der Waals surface area contributed by atoms with Crippen LogP contribution in [0.2, 0.25) is 5.02 Å². The molecule has 0 bridgehead atoms. The lowest BCUT2D eigenvalue weighted by Crippen LogP contribution is -2.33. The highest BCUT2D eigenvalue weighted by Gasteiger charge is 2.37. The van der Waals surface area contributed by atoms with Crippen molar-refractivity contribution in [2.45, 2.75) is 70.0 Å². The van der Waals surface area contributed by atoms with E-state index >= 15 is 0 Å². The maximum atomic E-state index is 14.2. The van der Waals surface area contributed by atoms with Crippen LogP contribution in [-0.4, -0.2) is 61.7 Å². The highest BCUT2D eigenvalue weighted by atomic mass is 35.5. The number of nitrogens with one attached hydrogen (secondary N) is 1. The van der Waals surface area contributed by atoms with Gasteiger partial charge in [-0.05, 0) is 70.0 Å². The average Bonchev–Trinajstić information content (AvgIpc) is 3.61. The monoisotopic (exact) mass is 711 g/mol. The number of rotatable bonds is 12. The molecule has 1 saturated heterocycles. The molecule has 5 heterocycles. The molecule has 5 aromatic rings. The molecule has 11 nitrogen and oxygen atoms in total. The van der Waals surface area contributed by atoms with Gasteiger partial charge in [0, 0.05) is 41.0 Å². The van der Waals surface area contributed by atoms with Crippen LogP contribution in [0.4, 0.5) is 4.39 Å². The summed E-state index contributed by atoms with van der Waals surface area (Å²) in [6.07, 6.45) is 6.60. The SMILES string of the molecule is CCn1cncc1Cn1c(CN2CCC(c3cccc(OCc4ccc(Cl)cc4F)n3)CC2)nc2sc(C(=O)NS(=O)(=O)C3CC3)cc21. The molecule has 7 rings (SSSR count). The van der Waals surface area contributed by atoms with Gasteiger partial charge in [-0.3, -0.25) is 9.69 Å². The van der Waals surface area contributed by atoms with Gasteiger partial charge in [0.15, 0.2) is 0 Å². The fourth-order valence-electron chi connectivity index (χ4n) is 6.05. The number of aryl methyl sites for hydroxylation is 1. The maximum Gasteiger partial charge on any atom is 0.274 e. The zero-order valence-corrected chi connectivity index (χ0v) is 28.7. The summed E-state index contributed by atoms with van der Waals surface area (Å²) < 4.78 is 51.2. The lowest BCUT2D eigenvalue weighted by atomic mass is 9.93. The number of pyridine rings is 1. The lowest BCUT2D eigenvalue weighted by Gasteiger charge is -2.31. The van der Waals surface area contributed by atoms with Crippen LogP contribution in [0.25, 0.3) is 10.3 Å². The molecule has 1 saturated carbocycles. The fourth-order valence-corrected chi connectivity index (χ4v) is 8.52. The Balaban J connectivity index is 1.04. The number of fused-ring (bicyclic) bond motifs is 1. The van der Waals surface area contributed by atoms with Gasteiger partial charge in [-0.1, -0.05) is 23.7 Å². The Kier molecular flexibility index (Phi) is 9.24. The van der Waals surface area contributed by atoms with Crippen LogP contribution in [0.1, 0.15) is 71.0 Å². The van der Waals surface area contributed by atoms with Gasteiger partial charge in [-0.25, -0.2) is 32.5 Å². The number of imidazole rings is 2. The predicted octanol–water partition coefficient (Wildman–Crippen LogP) is 5.73. The summed E-state index contributed by atoms with van der Waals surface area (Å²) in [6, 6.07) is 12.0. The molecular weight excluding hydrogens is 677 g/mol. The zero-order chi connectivity index (χ0) is 33.4. The van der Waals surface area contributed by atoms with Gasteiger partial charge in [0.25, 0.3) is 5.91 Å². The highest BCUT2D eigenvalue weighted by molar-refractivity contribution is 7.91. The van der Waals surface area contributed by atoms with Crippen molar-refractivity contribution in [3.8, 4) is 5.88 Å². The Bertz CT molecular complexity index is 2070. The van der Waals surface area contributed by atoms with Crippen molar-refractivity contribution in [2.75, 3.05) is 13.1 Å². The van der Waals surface area contributed by atoms with Crippen LogP contribution >= 0.6 is 22.9 Å². The molecule has 15 heteroatoms. The van der Waals surface area contributed by atoms with Crippen molar-refractivity contribution >= 4 is 49.2 Å². The van der Waals surface area contributed by atoms with Crippen molar-refractivity contribution in [3.63, 3.8) is 0 Å². The number of carbonyl (C=O) groups is 1. The summed E-state index contributed by atoms with van der Waals surface area (Å²) in [7, 11) is -3.65. The molecule has 48 heavy (non-hydrogen) atoms. The Morgan fingerprint density at radius 1 is 1.10 bits per heavy atom. The fraction of sp³-hybridized carbons (Fsp3) is 0.394. The molecule has 1 N–H and O–H groups in total. The number of benzene rings is 1. The number of thiophene rings is 1. The first-order valence-corrected chi connectivity index (χ1v) is 18.7. The third kappa shape index (κ3) is 7.12. The number of hydrogen-bond acceptors (Lipinski definition) is 9. The first-order valence-electron chi connectivity index (χ1n) is 16.0. The van der Waals surface area contributed by atoms with Gasteiger partial charge < -0.3 is 13.9 Å². The van der Waals surface area contributed by atoms with Crippen LogP contribution in [0, 0.1) is 5.82 Å². The van der Waals surface area contributed by atoms with Gasteiger partial charge in [0.05, 0.1) is 40.8 Å². The van der Waals surface area contributed by atoms with Gasteiger partial charge in [0.1, 0.15) is 23.1 Å². The van der Waals surface area contributed by atoms with Crippen LogP contribution in [0.5, 0.6) is 5.88 Å². The van der Waals surface area contributed by atoms with Crippen molar-refractivity contribution in [3.05, 3.63) is 93.5 Å². The van der Waals surface area contributed by atoms with Crippen molar-refractivity contribution < 1.29 is 22.3 Å². The lowest BCUT2D eigenvalue weighted by molar-refractivity contribution is 0.0985. The zero-order valence-electron chi connectivity index (χ0n) is 26.3. The standard InChI is InChI=1S/C33H35ClFN7O4S2/c1-2-41-20-36-16-24(41)17-42-28-15-29(32(43)39-48(44,45)25-8-9-25)47-33(28)38-30(42)18-40-12-10-21(11-13-40)27-4-3-5-31(37-27)46-19-22-6-7-23(34)14-26(22)35/h3-7,14-16,20-21,25H,2,8-13,17-19H2,1H3,(H,39,43). The van der Waals surface area contributed by atoms with Gasteiger partial charge in [-0.2, -0.15) is 0 Å². The number of carbonyl (C=O) groups excluding carboxylic acids is 1. The summed E-state index contributed by atoms with van der Waals surface area (Å²) in [6.45, 7) is 5.71. The van der Waals surface area contributed by atoms with Crippen LogP contribution in [-0.2, 0) is 36.3 Å². The number of likely N-dealkylation sites (tertiary alicyclic amines) is 1. The van der Waals surface area contributed by atoms with Crippen LogP contribution in [0.15, 0.2) is 55.0 Å². The number of halogens is 2. The Morgan fingerprint density at radius 2 is 1.92 bits per heavy atom. The van der Waals surface area contributed by atoms with Crippen molar-refractivity contribution in [1.82, 2.24) is 33.7 Å². The van der Waals surface area contributed by atoms with E-state index in [-0.39, 0.29) is 12.5 Å². The molecule has 2 fully saturated rings. The molecule has 252 valence electrons. The second-order valence-corrected chi connectivity index (χ2v) is 15.7. The Morgan fingerprint density at radius 3 is 2.67 bits per heavy atom. The summed E-state index contributed by atoms with van der Waals surface area (Å²) in [5, 5.41) is -0.139. The van der Waals surface area contributed by atoms with E-state index in [1.165, 1.54) is 17.4 Å². The number of nitrogens with zero attached hydrogens (tertiary/aromatic N) is 6. The number of hydrogen-bond donors (Lipinski definition) is 1. The van der Waals surface area contributed by atoms with E-state index < -0.39 is 27.0 Å². The predicted molar refractivity (Wildman–Crippen MR) is 181 cm³/mol. The summed E-state index contributed by atoms with van der Waals surface area (Å²) in [5.41, 5.74) is 3.17. The van der Waals surface area contributed by atoms with E-state index in [9.17, 15) is 17.6 Å². The summed E-state index contributed by atoms with van der Waals surface area (Å²) in [5.74, 6) is 0.564. The largest absolute Gasteiger partial charge is 0.473 e. The van der Waals surface area contributed by atoms with Crippen LogP contribution in [0.3, 0.4) is 0 Å². The van der Waals surface area contributed by atoms with E-state index in [1.54, 1.807) is 30.6 Å². The molecule has 2 aliphatic rings. The Hall–Kier alpha value is -3.85. The first kappa shape index (κ1) is 32.7. The Labute approximate surface area is 286 Å². The summed E-state index contributed by atoms with van der Waals surface area (Å²) in [4.78, 5) is 30.3. The molecule has 1 amide bonds. The number of ether oxygens (including phenoxy) is 1. The van der Waals surface area contributed by atoms with Gasteiger partial charge in [-0.15, -0.1) is 11.3 Å². The molecule has 0 unspecified atom stereocenters. The number of aromatic nitrogens is 5. The minimum atomic E-state index is -3.65. The van der Waals surface area contributed by atoms with E-state index in [1.807, 2.05) is 18.3 Å². The van der Waals surface area contributed by atoms with E-state index in [0.29, 0.717) is 52.1 Å². The molecule has 0 radical (unpaired) electrons. The second-order valence-electron chi connectivity index (χ2n) is 12.2. The normalized spacial score (nSPS) is 16.1. The minimum absolute atomic E-state index is 0.0623. The van der Waals surface area contributed by atoms with Gasteiger partial charge in [0.2, 0.25) is 15.9 Å². The molecule has 1 aliphatic carbocycles. The van der Waals surface area contributed by atoms with E-state index in [2.05, 4.69) is 30.7 Å². The van der Waals surface area contributed by atoms with Gasteiger partial charge >= 0.3 is 0 Å². The summed E-state index contributed by atoms with van der Waals surface area (Å²) >= 11 is 7.07. The number of piperidine rings is 1. The average molecular weight is 712 g/mol. The first-order chi connectivity index (χ1) is 23.2. The van der Waals surface area contributed by atoms with Crippen molar-refractivity contribution in [2.24, 2.45) is 0 Å². The maximum absolute atomic E-state index is 14.2. The third-order valence-electron chi connectivity index (χ3n) is 8.91. The highest BCUT2D eigenvalue weighted by Crippen LogP contribution is 2.32. The van der Waals surface area contributed by atoms with Crippen molar-refractivity contribution in [1.29, 1.82) is 0 Å².